The molecule has 2 N–H and O–H groups in total. The van der Waals surface area contributed by atoms with Crippen molar-refractivity contribution in [2.24, 2.45) is 0 Å². The zero-order chi connectivity index (χ0) is 15.9. The van der Waals surface area contributed by atoms with Gasteiger partial charge < -0.3 is 10.6 Å². The van der Waals surface area contributed by atoms with E-state index in [0.29, 0.717) is 23.7 Å². The number of aryl methyl sites for hydroxylation is 1. The molecule has 0 aliphatic carbocycles. The summed E-state index contributed by atoms with van der Waals surface area (Å²) in [5.41, 5.74) is 2.49. The highest BCUT2D eigenvalue weighted by molar-refractivity contribution is 6.39. The Bertz CT molecular complexity index is 672. The van der Waals surface area contributed by atoms with Crippen LogP contribution >= 0.6 is 11.6 Å². The van der Waals surface area contributed by atoms with Crippen LogP contribution in [0.25, 0.3) is 0 Å². The Kier molecular flexibility index (Phi) is 5.55. The predicted molar refractivity (Wildman–Crippen MR) is 88.0 cm³/mol. The molecular formula is C17H17ClN2O2. The van der Waals surface area contributed by atoms with E-state index in [2.05, 4.69) is 10.6 Å². The topological polar surface area (TPSA) is 58.2 Å². The minimum atomic E-state index is -0.682. The molecule has 0 aliphatic rings. The average molecular weight is 317 g/mol. The number of carbonyl (C=O) groups excluding carboxylic acids is 2. The molecular weight excluding hydrogens is 300 g/mol. The number of benzene rings is 2. The van der Waals surface area contributed by atoms with Crippen LogP contribution in [-0.2, 0) is 16.0 Å². The predicted octanol–water partition coefficient (Wildman–Crippen LogP) is 2.95. The van der Waals surface area contributed by atoms with Crippen LogP contribution in [0.2, 0.25) is 5.02 Å². The van der Waals surface area contributed by atoms with Crippen LogP contribution in [0.1, 0.15) is 11.1 Å². The van der Waals surface area contributed by atoms with Gasteiger partial charge in [-0.15, -0.1) is 0 Å². The lowest BCUT2D eigenvalue weighted by Crippen LogP contribution is -2.36. The van der Waals surface area contributed by atoms with Crippen molar-refractivity contribution in [2.75, 3.05) is 11.9 Å². The molecule has 22 heavy (non-hydrogen) atoms. The van der Waals surface area contributed by atoms with Gasteiger partial charge in [-0.25, -0.2) is 0 Å². The second kappa shape index (κ2) is 7.61. The van der Waals surface area contributed by atoms with Crippen molar-refractivity contribution >= 4 is 29.1 Å². The Morgan fingerprint density at radius 1 is 1.05 bits per heavy atom. The standard InChI is InChI=1S/C17H17ClN2O2/c1-12-11-14(18)7-8-15(12)20-17(22)16(21)19-10-9-13-5-3-2-4-6-13/h2-8,11H,9-10H2,1H3,(H,19,21)(H,20,22). The van der Waals surface area contributed by atoms with Crippen LogP contribution < -0.4 is 10.6 Å². The summed E-state index contributed by atoms with van der Waals surface area (Å²) in [5, 5.41) is 5.77. The molecule has 4 nitrogen and oxygen atoms in total. The maximum absolute atomic E-state index is 11.8. The van der Waals surface area contributed by atoms with Crippen LogP contribution in [0, 0.1) is 6.92 Å². The van der Waals surface area contributed by atoms with Gasteiger partial charge in [-0.05, 0) is 42.7 Å². The van der Waals surface area contributed by atoms with Gasteiger partial charge in [-0.3, -0.25) is 9.59 Å². The normalized spacial score (nSPS) is 10.1. The van der Waals surface area contributed by atoms with Crippen molar-refractivity contribution in [1.29, 1.82) is 0 Å². The molecule has 0 unspecified atom stereocenters. The number of anilines is 1. The zero-order valence-electron chi connectivity index (χ0n) is 12.2. The van der Waals surface area contributed by atoms with Crippen LogP contribution in [0.5, 0.6) is 0 Å². The van der Waals surface area contributed by atoms with Crippen molar-refractivity contribution in [1.82, 2.24) is 5.32 Å². The SMILES string of the molecule is Cc1cc(Cl)ccc1NC(=O)C(=O)NCCc1ccccc1. The Balaban J connectivity index is 1.83. The summed E-state index contributed by atoms with van der Waals surface area (Å²) in [6.45, 7) is 2.23. The molecule has 0 fully saturated rings. The first-order chi connectivity index (χ1) is 10.6. The molecule has 5 heteroatoms. The van der Waals surface area contributed by atoms with E-state index in [1.165, 1.54) is 0 Å². The summed E-state index contributed by atoms with van der Waals surface area (Å²) < 4.78 is 0. The third-order valence-corrected chi connectivity index (χ3v) is 3.42. The van der Waals surface area contributed by atoms with E-state index in [1.807, 2.05) is 37.3 Å². The van der Waals surface area contributed by atoms with Gasteiger partial charge in [-0.2, -0.15) is 0 Å². The largest absolute Gasteiger partial charge is 0.347 e. The Hall–Kier alpha value is -2.33. The summed E-state index contributed by atoms with van der Waals surface area (Å²) >= 11 is 5.85. The zero-order valence-corrected chi connectivity index (χ0v) is 13.0. The van der Waals surface area contributed by atoms with Gasteiger partial charge in [0.1, 0.15) is 0 Å². The first-order valence-corrected chi connectivity index (χ1v) is 7.33. The molecule has 2 aromatic carbocycles. The Morgan fingerprint density at radius 3 is 2.45 bits per heavy atom. The average Bonchev–Trinajstić information content (AvgIpc) is 2.51. The fourth-order valence-corrected chi connectivity index (χ4v) is 2.22. The number of carbonyl (C=O) groups is 2. The van der Waals surface area contributed by atoms with Gasteiger partial charge in [0, 0.05) is 17.3 Å². The number of nitrogens with one attached hydrogen (secondary N) is 2. The van der Waals surface area contributed by atoms with Crippen LogP contribution in [0.3, 0.4) is 0 Å². The number of amides is 2. The van der Waals surface area contributed by atoms with Gasteiger partial charge in [0.05, 0.1) is 0 Å². The van der Waals surface area contributed by atoms with Crippen molar-refractivity contribution < 1.29 is 9.59 Å². The van der Waals surface area contributed by atoms with Gasteiger partial charge in [0.25, 0.3) is 0 Å². The second-order valence-electron chi connectivity index (χ2n) is 4.90. The van der Waals surface area contributed by atoms with E-state index in [9.17, 15) is 9.59 Å². The van der Waals surface area contributed by atoms with Crippen LogP contribution in [0.15, 0.2) is 48.5 Å². The first kappa shape index (κ1) is 16.0. The molecule has 2 rings (SSSR count). The number of rotatable bonds is 4. The first-order valence-electron chi connectivity index (χ1n) is 6.95. The number of hydrogen-bond donors (Lipinski definition) is 2. The van der Waals surface area contributed by atoms with E-state index in [0.717, 1.165) is 11.1 Å². The fraction of sp³-hybridized carbons (Fsp3) is 0.176. The molecule has 114 valence electrons. The van der Waals surface area contributed by atoms with Gasteiger partial charge in [0.15, 0.2) is 0 Å². The maximum Gasteiger partial charge on any atom is 0.313 e. The lowest BCUT2D eigenvalue weighted by Gasteiger charge is -2.09. The van der Waals surface area contributed by atoms with E-state index in [1.54, 1.807) is 18.2 Å². The van der Waals surface area contributed by atoms with Crippen molar-refractivity contribution in [2.45, 2.75) is 13.3 Å². The second-order valence-corrected chi connectivity index (χ2v) is 5.34. The molecule has 0 aliphatic heterocycles. The third-order valence-electron chi connectivity index (χ3n) is 3.18. The van der Waals surface area contributed by atoms with Crippen molar-refractivity contribution in [3.05, 3.63) is 64.7 Å². The highest BCUT2D eigenvalue weighted by atomic mass is 35.5. The molecule has 0 saturated carbocycles. The molecule has 0 atom stereocenters. The number of hydrogen-bond acceptors (Lipinski definition) is 2. The van der Waals surface area contributed by atoms with Gasteiger partial charge >= 0.3 is 11.8 Å². The highest BCUT2D eigenvalue weighted by Crippen LogP contribution is 2.19. The van der Waals surface area contributed by atoms with Crippen LogP contribution in [-0.4, -0.2) is 18.4 Å². The minimum absolute atomic E-state index is 0.413. The molecule has 0 aromatic heterocycles. The summed E-state index contributed by atoms with van der Waals surface area (Å²) in [5.74, 6) is -1.33. The molecule has 0 saturated heterocycles. The monoisotopic (exact) mass is 316 g/mol. The van der Waals surface area contributed by atoms with Gasteiger partial charge in [-0.1, -0.05) is 41.9 Å². The summed E-state index contributed by atoms with van der Waals surface area (Å²) in [7, 11) is 0. The Labute approximate surface area is 134 Å². The summed E-state index contributed by atoms with van der Waals surface area (Å²) in [6.07, 6.45) is 0.680. The Morgan fingerprint density at radius 2 is 1.77 bits per heavy atom. The minimum Gasteiger partial charge on any atom is -0.347 e. The molecule has 0 heterocycles. The molecule has 0 spiro atoms. The molecule has 0 bridgehead atoms. The van der Waals surface area contributed by atoms with E-state index in [4.69, 9.17) is 11.6 Å². The molecule has 2 amide bonds. The molecule has 0 radical (unpaired) electrons. The summed E-state index contributed by atoms with van der Waals surface area (Å²) in [6, 6.07) is 14.8. The lowest BCUT2D eigenvalue weighted by molar-refractivity contribution is -0.136. The maximum atomic E-state index is 11.8. The molecule has 2 aromatic rings. The summed E-state index contributed by atoms with van der Waals surface area (Å²) in [4.78, 5) is 23.6. The van der Waals surface area contributed by atoms with Gasteiger partial charge in [0.2, 0.25) is 0 Å². The smallest absolute Gasteiger partial charge is 0.313 e. The highest BCUT2D eigenvalue weighted by Gasteiger charge is 2.14. The number of halogens is 1. The van der Waals surface area contributed by atoms with E-state index >= 15 is 0 Å². The van der Waals surface area contributed by atoms with Crippen molar-refractivity contribution in [3.63, 3.8) is 0 Å². The van der Waals surface area contributed by atoms with E-state index in [-0.39, 0.29) is 0 Å². The quantitative estimate of drug-likeness (QED) is 0.852. The van der Waals surface area contributed by atoms with Crippen molar-refractivity contribution in [3.8, 4) is 0 Å². The lowest BCUT2D eigenvalue weighted by atomic mass is 10.1. The van der Waals surface area contributed by atoms with E-state index < -0.39 is 11.8 Å². The van der Waals surface area contributed by atoms with Crippen LogP contribution in [0.4, 0.5) is 5.69 Å². The third kappa shape index (κ3) is 4.60. The fourth-order valence-electron chi connectivity index (χ4n) is 1.99.